The minimum Gasteiger partial charge on any atom is -0.363 e. The van der Waals surface area contributed by atoms with Gasteiger partial charge in [0.05, 0.1) is 12.2 Å². The molecular weight excluding hydrogens is 282 g/mol. The molecule has 0 aliphatic carbocycles. The molecule has 1 unspecified atom stereocenters. The van der Waals surface area contributed by atoms with Crippen molar-refractivity contribution in [3.63, 3.8) is 0 Å². The van der Waals surface area contributed by atoms with E-state index in [-0.39, 0.29) is 6.04 Å². The quantitative estimate of drug-likeness (QED) is 0.851. The molecule has 0 bridgehead atoms. The van der Waals surface area contributed by atoms with Gasteiger partial charge in [-0.2, -0.15) is 5.10 Å². The van der Waals surface area contributed by atoms with Crippen molar-refractivity contribution in [2.24, 2.45) is 0 Å². The highest BCUT2D eigenvalue weighted by atomic mass is 79.9. The molecule has 0 aromatic carbocycles. The molecule has 2 aromatic rings. The summed E-state index contributed by atoms with van der Waals surface area (Å²) >= 11 is 3.38. The second-order valence-corrected chi connectivity index (χ2v) is 4.56. The van der Waals surface area contributed by atoms with Gasteiger partial charge in [-0.3, -0.25) is 5.10 Å². The number of aryl methyl sites for hydroxylation is 1. The number of hydrogen-bond acceptors (Lipinski definition) is 4. The first-order valence-electron chi connectivity index (χ1n) is 5.47. The highest BCUT2D eigenvalue weighted by Gasteiger charge is 2.08. The van der Waals surface area contributed by atoms with E-state index in [1.165, 1.54) is 0 Å². The molecule has 2 heterocycles. The summed E-state index contributed by atoms with van der Waals surface area (Å²) in [5.41, 5.74) is 1.10. The fraction of sp³-hybridized carbons (Fsp3) is 0.364. The van der Waals surface area contributed by atoms with Crippen LogP contribution in [0.1, 0.15) is 31.3 Å². The van der Waals surface area contributed by atoms with Crippen molar-refractivity contribution in [1.82, 2.24) is 20.2 Å². The van der Waals surface area contributed by atoms with E-state index in [0.717, 1.165) is 28.2 Å². The lowest BCUT2D eigenvalue weighted by Crippen LogP contribution is -2.08. The molecular formula is C11H14BrN5. The van der Waals surface area contributed by atoms with Crippen LogP contribution in [0.25, 0.3) is 0 Å². The Hall–Kier alpha value is -1.43. The van der Waals surface area contributed by atoms with E-state index in [1.54, 1.807) is 6.20 Å². The van der Waals surface area contributed by atoms with Crippen LogP contribution in [0.3, 0.4) is 0 Å². The molecule has 2 N–H and O–H groups in total. The highest BCUT2D eigenvalue weighted by Crippen LogP contribution is 2.19. The van der Waals surface area contributed by atoms with Crippen molar-refractivity contribution in [2.45, 2.75) is 26.3 Å². The van der Waals surface area contributed by atoms with Gasteiger partial charge in [0.25, 0.3) is 0 Å². The van der Waals surface area contributed by atoms with Crippen LogP contribution in [0.2, 0.25) is 0 Å². The molecule has 1 atom stereocenters. The van der Waals surface area contributed by atoms with E-state index in [2.05, 4.69) is 48.3 Å². The SMILES string of the molecule is CCc1nc(Br)cc(NC(C)c2cn[nH]c2)n1. The Morgan fingerprint density at radius 3 is 2.94 bits per heavy atom. The van der Waals surface area contributed by atoms with Gasteiger partial charge in [-0.05, 0) is 22.9 Å². The van der Waals surface area contributed by atoms with Gasteiger partial charge in [0.15, 0.2) is 0 Å². The maximum atomic E-state index is 4.42. The smallest absolute Gasteiger partial charge is 0.131 e. The summed E-state index contributed by atoms with van der Waals surface area (Å²) in [6.45, 7) is 4.09. The largest absolute Gasteiger partial charge is 0.363 e. The lowest BCUT2D eigenvalue weighted by Gasteiger charge is -2.13. The predicted octanol–water partition coefficient (Wildman–Crippen LogP) is 2.70. The third-order valence-electron chi connectivity index (χ3n) is 2.44. The normalized spacial score (nSPS) is 12.4. The molecule has 5 nitrogen and oxygen atoms in total. The average Bonchev–Trinajstić information content (AvgIpc) is 2.81. The third-order valence-corrected chi connectivity index (χ3v) is 2.85. The molecule has 0 aliphatic rings. The standard InChI is InChI=1S/C11H14BrN5/c1-3-10-16-9(12)4-11(17-10)15-7(2)8-5-13-14-6-8/h4-7H,3H2,1-2H3,(H,13,14)(H,15,16,17). The number of aromatic nitrogens is 4. The highest BCUT2D eigenvalue weighted by molar-refractivity contribution is 9.10. The van der Waals surface area contributed by atoms with Gasteiger partial charge >= 0.3 is 0 Å². The van der Waals surface area contributed by atoms with Crippen molar-refractivity contribution in [1.29, 1.82) is 0 Å². The zero-order valence-corrected chi connectivity index (χ0v) is 11.3. The lowest BCUT2D eigenvalue weighted by molar-refractivity contribution is 0.854. The Kier molecular flexibility index (Phi) is 3.73. The predicted molar refractivity (Wildman–Crippen MR) is 69.7 cm³/mol. The van der Waals surface area contributed by atoms with E-state index in [4.69, 9.17) is 0 Å². The average molecular weight is 296 g/mol. The molecule has 0 spiro atoms. The summed E-state index contributed by atoms with van der Waals surface area (Å²) in [6.07, 6.45) is 4.48. The van der Waals surface area contributed by atoms with Gasteiger partial charge in [0.1, 0.15) is 16.2 Å². The summed E-state index contributed by atoms with van der Waals surface area (Å²) in [6, 6.07) is 2.02. The van der Waals surface area contributed by atoms with Crippen LogP contribution in [-0.4, -0.2) is 20.2 Å². The van der Waals surface area contributed by atoms with Crippen LogP contribution in [0.5, 0.6) is 0 Å². The van der Waals surface area contributed by atoms with Crippen LogP contribution >= 0.6 is 15.9 Å². The van der Waals surface area contributed by atoms with Gasteiger partial charge in [-0.1, -0.05) is 6.92 Å². The first kappa shape index (κ1) is 12.0. The van der Waals surface area contributed by atoms with Crippen molar-refractivity contribution in [3.05, 3.63) is 34.5 Å². The zero-order valence-electron chi connectivity index (χ0n) is 9.74. The van der Waals surface area contributed by atoms with E-state index in [9.17, 15) is 0 Å². The second kappa shape index (κ2) is 5.27. The number of anilines is 1. The molecule has 0 amide bonds. The molecule has 17 heavy (non-hydrogen) atoms. The van der Waals surface area contributed by atoms with Crippen LogP contribution in [0.15, 0.2) is 23.1 Å². The third kappa shape index (κ3) is 3.03. The molecule has 6 heteroatoms. The minimum absolute atomic E-state index is 0.153. The first-order valence-corrected chi connectivity index (χ1v) is 6.27. The van der Waals surface area contributed by atoms with Crippen molar-refractivity contribution in [2.75, 3.05) is 5.32 Å². The number of halogens is 1. The fourth-order valence-electron chi connectivity index (χ4n) is 1.50. The van der Waals surface area contributed by atoms with Crippen LogP contribution < -0.4 is 5.32 Å². The molecule has 2 aromatic heterocycles. The summed E-state index contributed by atoms with van der Waals surface area (Å²) in [5.74, 6) is 1.64. The van der Waals surface area contributed by atoms with E-state index in [0.29, 0.717) is 0 Å². The van der Waals surface area contributed by atoms with Gasteiger partial charge in [0.2, 0.25) is 0 Å². The van der Waals surface area contributed by atoms with Crippen molar-refractivity contribution >= 4 is 21.7 Å². The van der Waals surface area contributed by atoms with Gasteiger partial charge in [0, 0.05) is 24.2 Å². The second-order valence-electron chi connectivity index (χ2n) is 3.74. The maximum absolute atomic E-state index is 4.42. The Morgan fingerprint density at radius 2 is 2.29 bits per heavy atom. The molecule has 0 saturated carbocycles. The van der Waals surface area contributed by atoms with E-state index in [1.807, 2.05) is 19.2 Å². The number of hydrogen-bond donors (Lipinski definition) is 2. The maximum Gasteiger partial charge on any atom is 0.131 e. The Balaban J connectivity index is 2.15. The van der Waals surface area contributed by atoms with Gasteiger partial charge < -0.3 is 5.32 Å². The molecule has 0 radical (unpaired) electrons. The van der Waals surface area contributed by atoms with E-state index < -0.39 is 0 Å². The monoisotopic (exact) mass is 295 g/mol. The molecule has 0 saturated heterocycles. The summed E-state index contributed by atoms with van der Waals surface area (Å²) in [4.78, 5) is 8.69. The number of H-pyrrole nitrogens is 1. The Labute approximate surface area is 108 Å². The van der Waals surface area contributed by atoms with Gasteiger partial charge in [-0.15, -0.1) is 0 Å². The Bertz CT molecular complexity index is 483. The van der Waals surface area contributed by atoms with Crippen LogP contribution in [0.4, 0.5) is 5.82 Å². The molecule has 0 fully saturated rings. The first-order chi connectivity index (χ1) is 8.19. The minimum atomic E-state index is 0.153. The fourth-order valence-corrected chi connectivity index (χ4v) is 1.92. The summed E-state index contributed by atoms with van der Waals surface area (Å²) in [7, 11) is 0. The van der Waals surface area contributed by atoms with Crippen molar-refractivity contribution < 1.29 is 0 Å². The van der Waals surface area contributed by atoms with E-state index >= 15 is 0 Å². The number of aromatic amines is 1. The Morgan fingerprint density at radius 1 is 1.47 bits per heavy atom. The number of nitrogens with zero attached hydrogens (tertiary/aromatic N) is 3. The zero-order chi connectivity index (χ0) is 12.3. The summed E-state index contributed by atoms with van der Waals surface area (Å²) in [5, 5.41) is 10.0. The number of rotatable bonds is 4. The molecule has 0 aliphatic heterocycles. The number of nitrogens with one attached hydrogen (secondary N) is 2. The van der Waals surface area contributed by atoms with Gasteiger partial charge in [-0.25, -0.2) is 9.97 Å². The van der Waals surface area contributed by atoms with Crippen LogP contribution in [0, 0.1) is 0 Å². The topological polar surface area (TPSA) is 66.5 Å². The lowest BCUT2D eigenvalue weighted by atomic mass is 10.2. The molecule has 90 valence electrons. The molecule has 2 rings (SSSR count). The summed E-state index contributed by atoms with van der Waals surface area (Å²) < 4.78 is 0.797. The van der Waals surface area contributed by atoms with Crippen molar-refractivity contribution in [3.8, 4) is 0 Å². The van der Waals surface area contributed by atoms with Crippen LogP contribution in [-0.2, 0) is 6.42 Å².